The lowest BCUT2D eigenvalue weighted by Crippen LogP contribution is -2.38. The van der Waals surface area contributed by atoms with Gasteiger partial charge >= 0.3 is 0 Å². The Morgan fingerprint density at radius 2 is 1.53 bits per heavy atom. The molecule has 0 saturated carbocycles. The molecule has 0 radical (unpaired) electrons. The Labute approximate surface area is 91.5 Å². The van der Waals surface area contributed by atoms with Gasteiger partial charge in [0.05, 0.1) is 0 Å². The number of carbonyl (C=O) groups is 1. The minimum Gasteiger partial charge on any atom is -0.377 e. The number of rotatable bonds is 2. The van der Waals surface area contributed by atoms with Crippen molar-refractivity contribution in [2.75, 3.05) is 27.3 Å². The first-order chi connectivity index (χ1) is 6.90. The van der Waals surface area contributed by atoms with E-state index in [1.807, 2.05) is 25.7 Å². The molecule has 4 heteroatoms. The van der Waals surface area contributed by atoms with E-state index in [9.17, 15) is 4.79 Å². The molecule has 1 aliphatic rings. The molecule has 2 unspecified atom stereocenters. The lowest BCUT2D eigenvalue weighted by Gasteiger charge is -2.25. The van der Waals surface area contributed by atoms with Crippen LogP contribution in [0.4, 0.5) is 0 Å². The summed E-state index contributed by atoms with van der Waals surface area (Å²) in [6.07, 6.45) is 0.00241. The number of methoxy groups -OCH3 is 2. The van der Waals surface area contributed by atoms with Gasteiger partial charge in [0, 0.05) is 32.7 Å². The van der Waals surface area contributed by atoms with Gasteiger partial charge in [-0.05, 0) is 0 Å². The second-order valence-electron chi connectivity index (χ2n) is 5.01. The Balaban J connectivity index is 2.65. The molecule has 88 valence electrons. The van der Waals surface area contributed by atoms with E-state index in [-0.39, 0.29) is 23.5 Å². The van der Waals surface area contributed by atoms with Crippen LogP contribution in [0.5, 0.6) is 0 Å². The van der Waals surface area contributed by atoms with E-state index in [0.717, 1.165) is 0 Å². The van der Waals surface area contributed by atoms with Crippen LogP contribution in [0, 0.1) is 5.41 Å². The lowest BCUT2D eigenvalue weighted by molar-refractivity contribution is -0.138. The van der Waals surface area contributed by atoms with Gasteiger partial charge in [-0.1, -0.05) is 20.8 Å². The molecule has 1 amide bonds. The number of likely N-dealkylation sites (tertiary alicyclic amines) is 1. The Morgan fingerprint density at radius 1 is 1.13 bits per heavy atom. The van der Waals surface area contributed by atoms with E-state index < -0.39 is 0 Å². The van der Waals surface area contributed by atoms with Crippen molar-refractivity contribution in [1.29, 1.82) is 0 Å². The summed E-state index contributed by atoms with van der Waals surface area (Å²) >= 11 is 0. The quantitative estimate of drug-likeness (QED) is 0.687. The van der Waals surface area contributed by atoms with E-state index in [2.05, 4.69) is 0 Å². The minimum absolute atomic E-state index is 0.00120. The summed E-state index contributed by atoms with van der Waals surface area (Å²) < 4.78 is 10.6. The highest BCUT2D eigenvalue weighted by molar-refractivity contribution is 5.81. The first kappa shape index (κ1) is 12.5. The molecule has 0 aromatic heterocycles. The van der Waals surface area contributed by atoms with Gasteiger partial charge in [0.15, 0.2) is 0 Å². The third-order valence-corrected chi connectivity index (χ3v) is 2.75. The number of hydrogen-bond acceptors (Lipinski definition) is 3. The minimum atomic E-state index is -0.332. The fourth-order valence-corrected chi connectivity index (χ4v) is 1.84. The van der Waals surface area contributed by atoms with Crippen LogP contribution in [0.15, 0.2) is 0 Å². The number of carbonyl (C=O) groups excluding carboxylic acids is 1. The van der Waals surface area contributed by atoms with Crippen molar-refractivity contribution < 1.29 is 14.3 Å². The van der Waals surface area contributed by atoms with Gasteiger partial charge < -0.3 is 14.4 Å². The maximum absolute atomic E-state index is 12.0. The molecule has 1 heterocycles. The molecule has 1 rings (SSSR count). The number of ether oxygens (including phenoxy) is 2. The molecule has 1 saturated heterocycles. The van der Waals surface area contributed by atoms with Gasteiger partial charge in [0.2, 0.25) is 5.91 Å². The van der Waals surface area contributed by atoms with Crippen LogP contribution < -0.4 is 0 Å². The predicted octanol–water partition coefficient (Wildman–Crippen LogP) is 0.905. The van der Waals surface area contributed by atoms with Crippen LogP contribution in [0.1, 0.15) is 20.8 Å². The van der Waals surface area contributed by atoms with Crippen molar-refractivity contribution in [3.05, 3.63) is 0 Å². The van der Waals surface area contributed by atoms with Gasteiger partial charge in [-0.3, -0.25) is 4.79 Å². The highest BCUT2D eigenvalue weighted by Crippen LogP contribution is 2.23. The van der Waals surface area contributed by atoms with E-state index in [1.54, 1.807) is 14.2 Å². The smallest absolute Gasteiger partial charge is 0.228 e. The summed E-state index contributed by atoms with van der Waals surface area (Å²) in [6.45, 7) is 7.04. The highest BCUT2D eigenvalue weighted by atomic mass is 16.5. The molecule has 1 aliphatic heterocycles. The molecule has 0 bridgehead atoms. The van der Waals surface area contributed by atoms with Crippen molar-refractivity contribution in [3.63, 3.8) is 0 Å². The molecular formula is C11H21NO3. The largest absolute Gasteiger partial charge is 0.377 e. The standard InChI is InChI=1S/C11H21NO3/c1-11(2,3)10(13)12-6-8(14-4)9(7-12)15-5/h8-9H,6-7H2,1-5H3. The van der Waals surface area contributed by atoms with E-state index in [4.69, 9.17) is 9.47 Å². The topological polar surface area (TPSA) is 38.8 Å². The Bertz CT molecular complexity index is 222. The highest BCUT2D eigenvalue weighted by Gasteiger charge is 2.38. The van der Waals surface area contributed by atoms with Gasteiger partial charge in [-0.25, -0.2) is 0 Å². The first-order valence-electron chi connectivity index (χ1n) is 5.25. The maximum Gasteiger partial charge on any atom is 0.228 e. The first-order valence-corrected chi connectivity index (χ1v) is 5.25. The Hall–Kier alpha value is -0.610. The van der Waals surface area contributed by atoms with E-state index in [1.165, 1.54) is 0 Å². The summed E-state index contributed by atoms with van der Waals surface area (Å²) in [5.74, 6) is 0.157. The van der Waals surface area contributed by atoms with Gasteiger partial charge in [0.1, 0.15) is 12.2 Å². The maximum atomic E-state index is 12.0. The van der Waals surface area contributed by atoms with Gasteiger partial charge in [-0.15, -0.1) is 0 Å². The molecule has 0 aliphatic carbocycles. The lowest BCUT2D eigenvalue weighted by atomic mass is 9.95. The SMILES string of the molecule is COC1CN(C(=O)C(C)(C)C)CC1OC. The molecule has 2 atom stereocenters. The molecular weight excluding hydrogens is 194 g/mol. The van der Waals surface area contributed by atoms with Crippen molar-refractivity contribution >= 4 is 5.91 Å². The zero-order chi connectivity index (χ0) is 11.6. The molecule has 1 fully saturated rings. The van der Waals surface area contributed by atoms with Gasteiger partial charge in [0.25, 0.3) is 0 Å². The van der Waals surface area contributed by atoms with Crippen LogP contribution in [-0.2, 0) is 14.3 Å². The fourth-order valence-electron chi connectivity index (χ4n) is 1.84. The monoisotopic (exact) mass is 215 g/mol. The molecule has 0 N–H and O–H groups in total. The summed E-state index contributed by atoms with van der Waals surface area (Å²) in [7, 11) is 3.31. The predicted molar refractivity (Wildman–Crippen MR) is 57.6 cm³/mol. The third kappa shape index (κ3) is 2.69. The molecule has 4 nitrogen and oxygen atoms in total. The summed E-state index contributed by atoms with van der Waals surface area (Å²) in [5.41, 5.74) is -0.332. The van der Waals surface area contributed by atoms with Crippen LogP contribution in [0.2, 0.25) is 0 Å². The normalized spacial score (nSPS) is 27.1. The fraction of sp³-hybridized carbons (Fsp3) is 0.909. The number of nitrogens with zero attached hydrogens (tertiary/aromatic N) is 1. The van der Waals surface area contributed by atoms with E-state index >= 15 is 0 Å². The average Bonchev–Trinajstić information content (AvgIpc) is 2.57. The summed E-state index contributed by atoms with van der Waals surface area (Å²) in [4.78, 5) is 13.8. The molecule has 0 spiro atoms. The Morgan fingerprint density at radius 3 is 1.80 bits per heavy atom. The summed E-state index contributed by atoms with van der Waals surface area (Å²) in [6, 6.07) is 0. The van der Waals surface area contributed by atoms with Crippen LogP contribution in [0.3, 0.4) is 0 Å². The van der Waals surface area contributed by atoms with Crippen LogP contribution >= 0.6 is 0 Å². The van der Waals surface area contributed by atoms with E-state index in [0.29, 0.717) is 13.1 Å². The van der Waals surface area contributed by atoms with Crippen molar-refractivity contribution in [1.82, 2.24) is 4.90 Å². The molecule has 0 aromatic carbocycles. The number of amides is 1. The second-order valence-corrected chi connectivity index (χ2v) is 5.01. The summed E-state index contributed by atoms with van der Waals surface area (Å²) in [5, 5.41) is 0. The van der Waals surface area contributed by atoms with Crippen molar-refractivity contribution in [3.8, 4) is 0 Å². The third-order valence-electron chi connectivity index (χ3n) is 2.75. The van der Waals surface area contributed by atoms with Crippen LogP contribution in [0.25, 0.3) is 0 Å². The average molecular weight is 215 g/mol. The van der Waals surface area contributed by atoms with Crippen molar-refractivity contribution in [2.24, 2.45) is 5.41 Å². The van der Waals surface area contributed by atoms with Crippen LogP contribution in [-0.4, -0.2) is 50.3 Å². The second kappa shape index (κ2) is 4.49. The number of hydrogen-bond donors (Lipinski definition) is 0. The van der Waals surface area contributed by atoms with Gasteiger partial charge in [-0.2, -0.15) is 0 Å². The van der Waals surface area contributed by atoms with Crippen molar-refractivity contribution in [2.45, 2.75) is 33.0 Å². The zero-order valence-corrected chi connectivity index (χ0v) is 10.2. The Kier molecular flexibility index (Phi) is 3.73. The zero-order valence-electron chi connectivity index (χ0n) is 10.2. The molecule has 15 heavy (non-hydrogen) atoms. The molecule has 0 aromatic rings.